The highest BCUT2D eigenvalue weighted by Gasteiger charge is 2.49. The largest absolute Gasteiger partial charge is 0.481 e. The van der Waals surface area contributed by atoms with Crippen molar-refractivity contribution < 1.29 is 24.9 Å². The molecule has 1 fully saturated rings. The molecule has 0 aliphatic heterocycles. The monoisotopic (exact) mass is 188 g/mol. The summed E-state index contributed by atoms with van der Waals surface area (Å²) in [7, 11) is 0. The molecule has 0 aromatic heterocycles. The molecule has 0 aromatic rings. The van der Waals surface area contributed by atoms with E-state index in [0.29, 0.717) is 12.8 Å². The minimum atomic E-state index is -2.07. The van der Waals surface area contributed by atoms with E-state index >= 15 is 0 Å². The Hall–Kier alpha value is -1.10. The van der Waals surface area contributed by atoms with Crippen LogP contribution in [0.3, 0.4) is 0 Å². The zero-order valence-corrected chi connectivity index (χ0v) is 7.06. The summed E-state index contributed by atoms with van der Waals surface area (Å²) in [6.45, 7) is 0. The van der Waals surface area contributed by atoms with E-state index in [-0.39, 0.29) is 12.8 Å². The Kier molecular flexibility index (Phi) is 2.56. The lowest BCUT2D eigenvalue weighted by atomic mass is 9.75. The van der Waals surface area contributed by atoms with Gasteiger partial charge in [0.2, 0.25) is 0 Å². The molecule has 1 aliphatic carbocycles. The number of hydrogen-bond acceptors (Lipinski definition) is 3. The van der Waals surface area contributed by atoms with Gasteiger partial charge >= 0.3 is 11.9 Å². The highest BCUT2D eigenvalue weighted by atomic mass is 16.4. The van der Waals surface area contributed by atoms with Crippen LogP contribution in [0.25, 0.3) is 0 Å². The molecule has 0 aromatic carbocycles. The van der Waals surface area contributed by atoms with Crippen LogP contribution in [0.1, 0.15) is 25.7 Å². The Labute approximate surface area is 75.0 Å². The molecule has 0 saturated heterocycles. The van der Waals surface area contributed by atoms with Crippen LogP contribution in [0.15, 0.2) is 0 Å². The van der Waals surface area contributed by atoms with Crippen LogP contribution in [0.4, 0.5) is 0 Å². The Morgan fingerprint density at radius 3 is 2.23 bits per heavy atom. The van der Waals surface area contributed by atoms with Crippen LogP contribution < -0.4 is 0 Å². The van der Waals surface area contributed by atoms with Gasteiger partial charge in [0, 0.05) is 0 Å². The molecule has 1 aliphatic rings. The minimum absolute atomic E-state index is 0.0271. The van der Waals surface area contributed by atoms with Gasteiger partial charge in [-0.3, -0.25) is 4.79 Å². The third kappa shape index (κ3) is 1.65. The van der Waals surface area contributed by atoms with Crippen molar-refractivity contribution in [1.82, 2.24) is 0 Å². The Morgan fingerprint density at radius 1 is 1.23 bits per heavy atom. The summed E-state index contributed by atoms with van der Waals surface area (Å²) < 4.78 is 0. The molecule has 13 heavy (non-hydrogen) atoms. The summed E-state index contributed by atoms with van der Waals surface area (Å²) in [5, 5.41) is 27.0. The van der Waals surface area contributed by atoms with Crippen LogP contribution in [-0.2, 0) is 9.59 Å². The summed E-state index contributed by atoms with van der Waals surface area (Å²) in [4.78, 5) is 21.3. The first kappa shape index (κ1) is 9.98. The molecule has 3 N–H and O–H groups in total. The van der Waals surface area contributed by atoms with E-state index in [4.69, 9.17) is 10.2 Å². The fourth-order valence-electron chi connectivity index (χ4n) is 1.74. The summed E-state index contributed by atoms with van der Waals surface area (Å²) in [5.74, 6) is -3.83. The molecule has 2 atom stereocenters. The minimum Gasteiger partial charge on any atom is -0.481 e. The quantitative estimate of drug-likeness (QED) is 0.570. The number of aliphatic carboxylic acids is 2. The van der Waals surface area contributed by atoms with Gasteiger partial charge in [-0.25, -0.2) is 4.79 Å². The molecule has 0 spiro atoms. The maximum Gasteiger partial charge on any atom is 0.336 e. The van der Waals surface area contributed by atoms with Crippen LogP contribution in [-0.4, -0.2) is 32.9 Å². The average Bonchev–Trinajstić information content (AvgIpc) is 2.04. The molecule has 0 amide bonds. The van der Waals surface area contributed by atoms with Crippen molar-refractivity contribution in [2.45, 2.75) is 31.3 Å². The lowest BCUT2D eigenvalue weighted by molar-refractivity contribution is -0.178. The van der Waals surface area contributed by atoms with E-state index < -0.39 is 23.5 Å². The van der Waals surface area contributed by atoms with Crippen molar-refractivity contribution in [3.8, 4) is 0 Å². The van der Waals surface area contributed by atoms with Gasteiger partial charge in [-0.15, -0.1) is 0 Å². The van der Waals surface area contributed by atoms with E-state index in [9.17, 15) is 14.7 Å². The smallest absolute Gasteiger partial charge is 0.336 e. The number of aliphatic hydroxyl groups is 1. The third-order valence-electron chi connectivity index (χ3n) is 2.55. The molecule has 1 saturated carbocycles. The first-order valence-corrected chi connectivity index (χ1v) is 4.17. The summed E-state index contributed by atoms with van der Waals surface area (Å²) in [5.41, 5.74) is -2.07. The van der Waals surface area contributed by atoms with Crippen LogP contribution in [0.5, 0.6) is 0 Å². The summed E-state index contributed by atoms with van der Waals surface area (Å²) in [6, 6.07) is 0. The van der Waals surface area contributed by atoms with Gasteiger partial charge in [0.15, 0.2) is 5.60 Å². The summed E-state index contributed by atoms with van der Waals surface area (Å²) >= 11 is 0. The molecule has 0 unspecified atom stereocenters. The number of carboxylic acid groups (broad SMARTS) is 2. The number of carbonyl (C=O) groups is 2. The maximum atomic E-state index is 10.7. The van der Waals surface area contributed by atoms with E-state index in [2.05, 4.69) is 0 Å². The molecule has 5 nitrogen and oxygen atoms in total. The van der Waals surface area contributed by atoms with Crippen molar-refractivity contribution in [2.24, 2.45) is 5.92 Å². The third-order valence-corrected chi connectivity index (χ3v) is 2.55. The van der Waals surface area contributed by atoms with Gasteiger partial charge in [-0.05, 0) is 19.3 Å². The van der Waals surface area contributed by atoms with Gasteiger partial charge in [-0.2, -0.15) is 0 Å². The second-order valence-electron chi connectivity index (χ2n) is 3.37. The second-order valence-corrected chi connectivity index (χ2v) is 3.37. The molecule has 5 heteroatoms. The molecular formula is C8H12O5. The lowest BCUT2D eigenvalue weighted by Gasteiger charge is -2.33. The zero-order valence-electron chi connectivity index (χ0n) is 7.06. The maximum absolute atomic E-state index is 10.7. The second kappa shape index (κ2) is 3.33. The van der Waals surface area contributed by atoms with Crippen molar-refractivity contribution in [1.29, 1.82) is 0 Å². The SMILES string of the molecule is O=C(O)[C@H]1CCCC[C@@]1(O)C(=O)O. The highest BCUT2D eigenvalue weighted by molar-refractivity contribution is 5.85. The molecule has 0 heterocycles. The van der Waals surface area contributed by atoms with Crippen molar-refractivity contribution >= 4 is 11.9 Å². The van der Waals surface area contributed by atoms with Crippen molar-refractivity contribution in [3.05, 3.63) is 0 Å². The molecule has 0 radical (unpaired) electrons. The van der Waals surface area contributed by atoms with Gasteiger partial charge in [0.05, 0.1) is 5.92 Å². The fourth-order valence-corrected chi connectivity index (χ4v) is 1.74. The fraction of sp³-hybridized carbons (Fsp3) is 0.750. The Bertz CT molecular complexity index is 237. The van der Waals surface area contributed by atoms with Gasteiger partial charge in [0.25, 0.3) is 0 Å². The first-order valence-electron chi connectivity index (χ1n) is 4.17. The number of hydrogen-bond donors (Lipinski definition) is 3. The topological polar surface area (TPSA) is 94.8 Å². The predicted octanol–water partition coefficient (Wildman–Crippen LogP) is 0.0769. The molecular weight excluding hydrogens is 176 g/mol. The van der Waals surface area contributed by atoms with E-state index in [1.807, 2.05) is 0 Å². The van der Waals surface area contributed by atoms with Gasteiger partial charge in [0.1, 0.15) is 0 Å². The van der Waals surface area contributed by atoms with E-state index in [1.54, 1.807) is 0 Å². The molecule has 0 bridgehead atoms. The predicted molar refractivity (Wildman–Crippen MR) is 42.2 cm³/mol. The summed E-state index contributed by atoms with van der Waals surface area (Å²) in [6.07, 6.45) is 1.48. The van der Waals surface area contributed by atoms with E-state index in [1.165, 1.54) is 0 Å². The van der Waals surface area contributed by atoms with Crippen LogP contribution >= 0.6 is 0 Å². The normalized spacial score (nSPS) is 34.1. The first-order chi connectivity index (χ1) is 5.98. The number of carboxylic acids is 2. The average molecular weight is 188 g/mol. The molecule has 74 valence electrons. The van der Waals surface area contributed by atoms with E-state index in [0.717, 1.165) is 0 Å². The Morgan fingerprint density at radius 2 is 1.85 bits per heavy atom. The van der Waals surface area contributed by atoms with Crippen molar-refractivity contribution in [2.75, 3.05) is 0 Å². The van der Waals surface area contributed by atoms with Crippen molar-refractivity contribution in [3.63, 3.8) is 0 Å². The highest BCUT2D eigenvalue weighted by Crippen LogP contribution is 2.34. The Balaban J connectivity index is 2.89. The van der Waals surface area contributed by atoms with Crippen LogP contribution in [0.2, 0.25) is 0 Å². The molecule has 1 rings (SSSR count). The lowest BCUT2D eigenvalue weighted by Crippen LogP contribution is -2.51. The zero-order chi connectivity index (χ0) is 10.1. The van der Waals surface area contributed by atoms with Gasteiger partial charge < -0.3 is 15.3 Å². The van der Waals surface area contributed by atoms with Crippen LogP contribution in [0, 0.1) is 5.92 Å². The van der Waals surface area contributed by atoms with Gasteiger partial charge in [-0.1, -0.05) is 6.42 Å². The number of rotatable bonds is 2. The standard InChI is InChI=1S/C8H12O5/c9-6(10)5-3-1-2-4-8(5,13)7(11)12/h5,13H,1-4H2,(H,9,10)(H,11,12)/t5-,8+/m1/s1.